The highest BCUT2D eigenvalue weighted by molar-refractivity contribution is 5.85. The monoisotopic (exact) mass is 350 g/mol. The van der Waals surface area contributed by atoms with Gasteiger partial charge in [0.05, 0.1) is 5.56 Å². The summed E-state index contributed by atoms with van der Waals surface area (Å²) >= 11 is 0. The first-order valence-corrected chi connectivity index (χ1v) is 7.46. The minimum Gasteiger partial charge on any atom is -0.337 e. The summed E-state index contributed by atoms with van der Waals surface area (Å²) in [5, 5.41) is 3.21. The van der Waals surface area contributed by atoms with Crippen LogP contribution in [0.25, 0.3) is 0 Å². The van der Waals surface area contributed by atoms with Crippen LogP contribution in [-0.2, 0) is 17.4 Å². The maximum absolute atomic E-state index is 12.7. The third-order valence-corrected chi connectivity index (χ3v) is 4.00. The molecule has 1 aliphatic heterocycles. The molecular weight excluding hydrogens is 329 g/mol. The Morgan fingerprint density at radius 2 is 2.13 bits per heavy atom. The summed E-state index contributed by atoms with van der Waals surface area (Å²) in [6.07, 6.45) is -4.03. The van der Waals surface area contributed by atoms with Crippen LogP contribution in [0.2, 0.25) is 0 Å². The second kappa shape index (κ2) is 8.02. The predicted octanol–water partition coefficient (Wildman–Crippen LogP) is 3.13. The minimum absolute atomic E-state index is 0. The van der Waals surface area contributed by atoms with Crippen molar-refractivity contribution in [2.75, 3.05) is 19.6 Å². The number of nitrogens with zero attached hydrogens (tertiary/aromatic N) is 1. The molecule has 0 saturated carbocycles. The van der Waals surface area contributed by atoms with E-state index in [1.54, 1.807) is 13.0 Å². The second-order valence-corrected chi connectivity index (χ2v) is 5.89. The van der Waals surface area contributed by atoms with Gasteiger partial charge in [-0.3, -0.25) is 4.79 Å². The Kier molecular flexibility index (Phi) is 6.89. The summed E-state index contributed by atoms with van der Waals surface area (Å²) in [6.45, 7) is 5.90. The normalized spacial score (nSPS) is 19.9. The van der Waals surface area contributed by atoms with E-state index in [-0.39, 0.29) is 30.3 Å². The van der Waals surface area contributed by atoms with Gasteiger partial charge in [-0.05, 0) is 25.0 Å². The maximum Gasteiger partial charge on any atom is 0.416 e. The summed E-state index contributed by atoms with van der Waals surface area (Å²) in [5.74, 6) is -0.324. The molecule has 1 unspecified atom stereocenters. The van der Waals surface area contributed by atoms with Crippen LogP contribution in [0.5, 0.6) is 0 Å². The SMILES string of the molecule is CC(Cc1cccc(C(F)(F)F)c1)C(=O)N1CCNC[C@@H]1C.Cl. The van der Waals surface area contributed by atoms with E-state index in [1.807, 2.05) is 11.8 Å². The molecule has 0 radical (unpaired) electrons. The number of halogens is 4. The highest BCUT2D eigenvalue weighted by Crippen LogP contribution is 2.30. The smallest absolute Gasteiger partial charge is 0.337 e. The Morgan fingerprint density at radius 1 is 1.43 bits per heavy atom. The number of carbonyl (C=O) groups is 1. The first-order valence-electron chi connectivity index (χ1n) is 7.46. The highest BCUT2D eigenvalue weighted by Gasteiger charge is 2.31. The molecule has 0 aliphatic carbocycles. The van der Waals surface area contributed by atoms with Crippen molar-refractivity contribution >= 4 is 18.3 Å². The Labute approximate surface area is 140 Å². The van der Waals surface area contributed by atoms with Crippen LogP contribution in [-0.4, -0.2) is 36.5 Å². The van der Waals surface area contributed by atoms with Crippen LogP contribution in [0.1, 0.15) is 25.0 Å². The first-order chi connectivity index (χ1) is 10.3. The Bertz CT molecular complexity index is 536. The average molecular weight is 351 g/mol. The number of amides is 1. The van der Waals surface area contributed by atoms with Crippen molar-refractivity contribution in [1.29, 1.82) is 0 Å². The number of benzene rings is 1. The predicted molar refractivity (Wildman–Crippen MR) is 85.6 cm³/mol. The van der Waals surface area contributed by atoms with Crippen molar-refractivity contribution in [2.45, 2.75) is 32.5 Å². The van der Waals surface area contributed by atoms with Gasteiger partial charge in [0.15, 0.2) is 0 Å². The molecule has 23 heavy (non-hydrogen) atoms. The molecule has 1 aromatic rings. The maximum atomic E-state index is 12.7. The van der Waals surface area contributed by atoms with E-state index in [9.17, 15) is 18.0 Å². The van der Waals surface area contributed by atoms with Gasteiger partial charge in [0.1, 0.15) is 0 Å². The van der Waals surface area contributed by atoms with Gasteiger partial charge >= 0.3 is 6.18 Å². The molecule has 130 valence electrons. The number of alkyl halides is 3. The number of carbonyl (C=O) groups excluding carboxylic acids is 1. The quantitative estimate of drug-likeness (QED) is 0.908. The fourth-order valence-electron chi connectivity index (χ4n) is 2.77. The van der Waals surface area contributed by atoms with Crippen LogP contribution in [0.15, 0.2) is 24.3 Å². The zero-order valence-electron chi connectivity index (χ0n) is 13.2. The molecule has 2 atom stereocenters. The lowest BCUT2D eigenvalue weighted by molar-refractivity contribution is -0.138. The fourth-order valence-corrected chi connectivity index (χ4v) is 2.77. The molecule has 0 aromatic heterocycles. The summed E-state index contributed by atoms with van der Waals surface area (Å²) in [5.41, 5.74) is -0.126. The third-order valence-electron chi connectivity index (χ3n) is 4.00. The topological polar surface area (TPSA) is 32.3 Å². The molecule has 1 fully saturated rings. The number of piperazine rings is 1. The van der Waals surface area contributed by atoms with Crippen LogP contribution in [0.4, 0.5) is 13.2 Å². The Hall–Kier alpha value is -1.27. The molecule has 1 aliphatic rings. The van der Waals surface area contributed by atoms with Crippen LogP contribution in [0.3, 0.4) is 0 Å². The molecule has 0 bridgehead atoms. The van der Waals surface area contributed by atoms with Crippen LogP contribution >= 0.6 is 12.4 Å². The van der Waals surface area contributed by atoms with Gasteiger partial charge in [-0.15, -0.1) is 12.4 Å². The number of nitrogens with one attached hydrogen (secondary N) is 1. The number of rotatable bonds is 3. The Morgan fingerprint density at radius 3 is 2.74 bits per heavy atom. The Balaban J connectivity index is 0.00000264. The van der Waals surface area contributed by atoms with Crippen molar-refractivity contribution in [1.82, 2.24) is 10.2 Å². The van der Waals surface area contributed by atoms with Crippen molar-refractivity contribution in [3.05, 3.63) is 35.4 Å². The van der Waals surface area contributed by atoms with E-state index >= 15 is 0 Å². The lowest BCUT2D eigenvalue weighted by Gasteiger charge is -2.35. The van der Waals surface area contributed by atoms with Gasteiger partial charge in [0, 0.05) is 31.6 Å². The van der Waals surface area contributed by atoms with E-state index in [1.165, 1.54) is 6.07 Å². The molecule has 1 aromatic carbocycles. The second-order valence-electron chi connectivity index (χ2n) is 5.89. The molecule has 3 nitrogen and oxygen atoms in total. The molecule has 1 saturated heterocycles. The van der Waals surface area contributed by atoms with Crippen LogP contribution < -0.4 is 5.32 Å². The summed E-state index contributed by atoms with van der Waals surface area (Å²) in [7, 11) is 0. The van der Waals surface area contributed by atoms with E-state index in [2.05, 4.69) is 5.32 Å². The van der Waals surface area contributed by atoms with Crippen molar-refractivity contribution in [2.24, 2.45) is 5.92 Å². The van der Waals surface area contributed by atoms with E-state index in [0.717, 1.165) is 25.2 Å². The standard InChI is InChI=1S/C16H21F3N2O.ClH/c1-11(15(22)21-7-6-20-10-12(21)2)8-13-4-3-5-14(9-13)16(17,18)19;/h3-5,9,11-12,20H,6-8,10H2,1-2H3;1H/t11?,12-;/m0./s1. The van der Waals surface area contributed by atoms with Crippen LogP contribution in [0, 0.1) is 5.92 Å². The van der Waals surface area contributed by atoms with Gasteiger partial charge in [0.25, 0.3) is 0 Å². The molecule has 1 N–H and O–H groups in total. The van der Waals surface area contributed by atoms with Crippen molar-refractivity contribution < 1.29 is 18.0 Å². The summed E-state index contributed by atoms with van der Waals surface area (Å²) in [4.78, 5) is 14.3. The molecule has 0 spiro atoms. The lowest BCUT2D eigenvalue weighted by Crippen LogP contribution is -2.53. The number of hydrogen-bond acceptors (Lipinski definition) is 2. The largest absolute Gasteiger partial charge is 0.416 e. The molecule has 7 heteroatoms. The minimum atomic E-state index is -4.35. The zero-order chi connectivity index (χ0) is 16.3. The van der Waals surface area contributed by atoms with Gasteiger partial charge in [-0.25, -0.2) is 0 Å². The summed E-state index contributed by atoms with van der Waals surface area (Å²) < 4.78 is 38.2. The fraction of sp³-hybridized carbons (Fsp3) is 0.562. The molecule has 1 amide bonds. The van der Waals surface area contributed by atoms with Crippen molar-refractivity contribution in [3.63, 3.8) is 0 Å². The highest BCUT2D eigenvalue weighted by atomic mass is 35.5. The van der Waals surface area contributed by atoms with Gasteiger partial charge in [0.2, 0.25) is 5.91 Å². The number of hydrogen-bond donors (Lipinski definition) is 1. The van der Waals surface area contributed by atoms with E-state index in [4.69, 9.17) is 0 Å². The molecule has 2 rings (SSSR count). The van der Waals surface area contributed by atoms with Gasteiger partial charge < -0.3 is 10.2 Å². The van der Waals surface area contributed by atoms with Gasteiger partial charge in [-0.2, -0.15) is 13.2 Å². The lowest BCUT2D eigenvalue weighted by atomic mass is 9.97. The zero-order valence-corrected chi connectivity index (χ0v) is 14.0. The first kappa shape index (κ1) is 19.8. The van der Waals surface area contributed by atoms with E-state index in [0.29, 0.717) is 18.5 Å². The molecule has 1 heterocycles. The average Bonchev–Trinajstić information content (AvgIpc) is 2.46. The van der Waals surface area contributed by atoms with Crippen molar-refractivity contribution in [3.8, 4) is 0 Å². The third kappa shape index (κ3) is 5.11. The van der Waals surface area contributed by atoms with E-state index < -0.39 is 11.7 Å². The van der Waals surface area contributed by atoms with Gasteiger partial charge in [-0.1, -0.05) is 25.1 Å². The molecular formula is C16H22ClF3N2O. The summed E-state index contributed by atoms with van der Waals surface area (Å²) in [6, 6.07) is 5.33.